The van der Waals surface area contributed by atoms with Gasteiger partial charge in [-0.15, -0.1) is 0 Å². The molecule has 0 aliphatic rings. The number of ether oxygens (including phenoxy) is 1. The molecule has 0 aromatic heterocycles. The lowest BCUT2D eigenvalue weighted by Gasteiger charge is -2.16. The maximum absolute atomic E-state index is 11.1. The van der Waals surface area contributed by atoms with E-state index in [9.17, 15) is 9.90 Å². The van der Waals surface area contributed by atoms with Gasteiger partial charge in [-0.2, -0.15) is 0 Å². The number of esters is 1. The first-order valence-electron chi connectivity index (χ1n) is 7.46. The van der Waals surface area contributed by atoms with Crippen molar-refractivity contribution < 1.29 is 14.6 Å². The second-order valence-electron chi connectivity index (χ2n) is 5.14. The maximum Gasteiger partial charge on any atom is 0.330 e. The summed E-state index contributed by atoms with van der Waals surface area (Å²) in [4.78, 5) is 13.2. The fraction of sp³-hybridized carbons (Fsp3) is 0.389. The highest BCUT2D eigenvalue weighted by Crippen LogP contribution is 2.22. The number of rotatable bonds is 8. The maximum atomic E-state index is 11.1. The zero-order valence-corrected chi connectivity index (χ0v) is 13.5. The van der Waals surface area contributed by atoms with E-state index >= 15 is 0 Å². The monoisotopic (exact) mass is 303 g/mol. The number of anilines is 1. The molecule has 0 saturated heterocycles. The summed E-state index contributed by atoms with van der Waals surface area (Å²) in [5.74, 6) is -0.284. The summed E-state index contributed by atoms with van der Waals surface area (Å²) in [5.41, 5.74) is 2.24. The van der Waals surface area contributed by atoms with Gasteiger partial charge in [0, 0.05) is 31.8 Å². The first kappa shape index (κ1) is 18.0. The second-order valence-corrected chi connectivity index (χ2v) is 5.14. The summed E-state index contributed by atoms with van der Waals surface area (Å²) >= 11 is 0. The number of carbonyl (C=O) groups is 1. The number of aliphatic hydroxyl groups excluding tert-OH is 1. The van der Waals surface area contributed by atoms with Crippen molar-refractivity contribution in [2.75, 3.05) is 32.2 Å². The van der Waals surface area contributed by atoms with Crippen molar-refractivity contribution in [3.63, 3.8) is 0 Å². The molecule has 0 radical (unpaired) electrons. The van der Waals surface area contributed by atoms with Crippen LogP contribution in [0.2, 0.25) is 0 Å². The number of allylic oxidation sites excluding steroid dienone is 3. The van der Waals surface area contributed by atoms with Gasteiger partial charge >= 0.3 is 5.97 Å². The van der Waals surface area contributed by atoms with E-state index < -0.39 is 0 Å². The molecule has 0 bridgehead atoms. The minimum absolute atomic E-state index is 0.0588. The van der Waals surface area contributed by atoms with E-state index in [2.05, 4.69) is 0 Å². The van der Waals surface area contributed by atoms with Crippen LogP contribution in [0.15, 0.2) is 48.6 Å². The van der Waals surface area contributed by atoms with Crippen molar-refractivity contribution in [1.82, 2.24) is 0 Å². The zero-order chi connectivity index (χ0) is 16.4. The molecule has 4 heteroatoms. The Hall–Kier alpha value is -2.07. The largest absolute Gasteiger partial charge is 0.463 e. The molecule has 1 rings (SSSR count). The van der Waals surface area contributed by atoms with Crippen molar-refractivity contribution in [3.05, 3.63) is 54.1 Å². The van der Waals surface area contributed by atoms with Gasteiger partial charge in [-0.1, -0.05) is 30.4 Å². The average Bonchev–Trinajstić information content (AvgIpc) is 2.51. The Morgan fingerprint density at radius 3 is 2.50 bits per heavy atom. The summed E-state index contributed by atoms with van der Waals surface area (Å²) in [6.07, 6.45) is 7.50. The molecule has 1 aromatic carbocycles. The van der Waals surface area contributed by atoms with Crippen LogP contribution in [-0.4, -0.2) is 38.4 Å². The first-order chi connectivity index (χ1) is 10.6. The normalized spacial score (nSPS) is 12.7. The molecular formula is C18H25NO3. The summed E-state index contributed by atoms with van der Waals surface area (Å²) in [7, 11) is 3.99. The van der Waals surface area contributed by atoms with E-state index in [0.717, 1.165) is 11.3 Å². The van der Waals surface area contributed by atoms with E-state index in [-0.39, 0.29) is 18.5 Å². The van der Waals surface area contributed by atoms with Gasteiger partial charge in [0.2, 0.25) is 0 Å². The van der Waals surface area contributed by atoms with E-state index in [1.165, 1.54) is 6.08 Å². The lowest BCUT2D eigenvalue weighted by atomic mass is 9.96. The molecule has 0 spiro atoms. The Labute approximate surface area is 132 Å². The fourth-order valence-corrected chi connectivity index (χ4v) is 2.01. The van der Waals surface area contributed by atoms with Gasteiger partial charge in [-0.05, 0) is 31.0 Å². The van der Waals surface area contributed by atoms with Gasteiger partial charge in [-0.25, -0.2) is 4.79 Å². The Balaban J connectivity index is 2.56. The van der Waals surface area contributed by atoms with Gasteiger partial charge in [0.05, 0.1) is 13.2 Å². The van der Waals surface area contributed by atoms with Crippen molar-refractivity contribution in [1.29, 1.82) is 0 Å². The molecule has 1 atom stereocenters. The van der Waals surface area contributed by atoms with Crippen LogP contribution in [0.1, 0.15) is 24.8 Å². The molecule has 4 nitrogen and oxygen atoms in total. The molecule has 0 amide bonds. The quantitative estimate of drug-likeness (QED) is 0.456. The third kappa shape index (κ3) is 6.14. The van der Waals surface area contributed by atoms with Gasteiger partial charge in [0.25, 0.3) is 0 Å². The number of benzene rings is 1. The molecule has 120 valence electrons. The van der Waals surface area contributed by atoms with Crippen LogP contribution in [0.3, 0.4) is 0 Å². The molecule has 0 unspecified atom stereocenters. The fourth-order valence-electron chi connectivity index (χ4n) is 2.01. The molecule has 22 heavy (non-hydrogen) atoms. The first-order valence-corrected chi connectivity index (χ1v) is 7.46. The Morgan fingerprint density at radius 2 is 1.95 bits per heavy atom. The van der Waals surface area contributed by atoms with Crippen molar-refractivity contribution in [2.24, 2.45) is 0 Å². The van der Waals surface area contributed by atoms with Gasteiger partial charge in [0.1, 0.15) is 0 Å². The Kier molecular flexibility index (Phi) is 8.00. The number of carbonyl (C=O) groups excluding carboxylic acids is 1. The van der Waals surface area contributed by atoms with Crippen LogP contribution in [0.4, 0.5) is 5.69 Å². The minimum atomic E-state index is -0.342. The lowest BCUT2D eigenvalue weighted by molar-refractivity contribution is -0.137. The summed E-state index contributed by atoms with van der Waals surface area (Å²) in [5, 5.41) is 9.54. The highest BCUT2D eigenvalue weighted by molar-refractivity contribution is 5.82. The Morgan fingerprint density at radius 1 is 1.27 bits per heavy atom. The molecule has 0 fully saturated rings. The standard InChI is InChI=1S/C18H25NO3/c1-4-22-18(21)9-7-5-6-8-16(14-20)15-10-12-17(13-11-15)19(2)3/h5-7,9-13,16,20H,4,8,14H2,1-3H3/t16-/m1/s1. The number of hydrogen-bond acceptors (Lipinski definition) is 4. The van der Waals surface area contributed by atoms with Gasteiger partial charge in [-0.3, -0.25) is 0 Å². The third-order valence-corrected chi connectivity index (χ3v) is 3.29. The predicted octanol–water partition coefficient (Wildman–Crippen LogP) is 2.89. The molecule has 0 aliphatic carbocycles. The molecular weight excluding hydrogens is 278 g/mol. The topological polar surface area (TPSA) is 49.8 Å². The van der Waals surface area contributed by atoms with Crippen LogP contribution in [0, 0.1) is 0 Å². The van der Waals surface area contributed by atoms with E-state index in [1.807, 2.05) is 49.3 Å². The predicted molar refractivity (Wildman–Crippen MR) is 90.1 cm³/mol. The van der Waals surface area contributed by atoms with Crippen LogP contribution >= 0.6 is 0 Å². The number of aliphatic hydroxyl groups is 1. The highest BCUT2D eigenvalue weighted by Gasteiger charge is 2.08. The van der Waals surface area contributed by atoms with E-state index in [0.29, 0.717) is 13.0 Å². The SMILES string of the molecule is CCOC(=O)C=CC=CC[C@H](CO)c1ccc(N(C)C)cc1. The van der Waals surface area contributed by atoms with Crippen LogP contribution in [0.5, 0.6) is 0 Å². The molecule has 1 N–H and O–H groups in total. The summed E-state index contributed by atoms with van der Waals surface area (Å²) in [6, 6.07) is 8.17. The van der Waals surface area contributed by atoms with Crippen molar-refractivity contribution in [2.45, 2.75) is 19.3 Å². The van der Waals surface area contributed by atoms with Crippen LogP contribution in [0.25, 0.3) is 0 Å². The van der Waals surface area contributed by atoms with Gasteiger partial charge < -0.3 is 14.7 Å². The summed E-state index contributed by atoms with van der Waals surface area (Å²) in [6.45, 7) is 2.24. The highest BCUT2D eigenvalue weighted by atomic mass is 16.5. The molecule has 0 aliphatic heterocycles. The number of hydrogen-bond donors (Lipinski definition) is 1. The smallest absolute Gasteiger partial charge is 0.330 e. The van der Waals surface area contributed by atoms with Crippen molar-refractivity contribution in [3.8, 4) is 0 Å². The lowest BCUT2D eigenvalue weighted by Crippen LogP contribution is -2.09. The minimum Gasteiger partial charge on any atom is -0.463 e. The van der Waals surface area contributed by atoms with Gasteiger partial charge in [0.15, 0.2) is 0 Å². The zero-order valence-electron chi connectivity index (χ0n) is 13.5. The molecule has 0 heterocycles. The molecule has 1 aromatic rings. The summed E-state index contributed by atoms with van der Waals surface area (Å²) < 4.78 is 4.79. The second kappa shape index (κ2) is 9.79. The van der Waals surface area contributed by atoms with Crippen LogP contribution in [-0.2, 0) is 9.53 Å². The van der Waals surface area contributed by atoms with E-state index in [1.54, 1.807) is 19.1 Å². The number of nitrogens with zero attached hydrogens (tertiary/aromatic N) is 1. The van der Waals surface area contributed by atoms with E-state index in [4.69, 9.17) is 4.74 Å². The Bertz CT molecular complexity index is 504. The molecule has 0 saturated carbocycles. The average molecular weight is 303 g/mol. The van der Waals surface area contributed by atoms with Crippen LogP contribution < -0.4 is 4.90 Å². The van der Waals surface area contributed by atoms with Crippen molar-refractivity contribution >= 4 is 11.7 Å². The third-order valence-electron chi connectivity index (χ3n) is 3.29.